The molecule has 0 bridgehead atoms. The molecule has 0 amide bonds. The Bertz CT molecular complexity index is 416. The summed E-state index contributed by atoms with van der Waals surface area (Å²) in [5.74, 6) is 0.356. The van der Waals surface area contributed by atoms with E-state index in [4.69, 9.17) is 5.73 Å². The van der Waals surface area contributed by atoms with Crippen LogP contribution in [0.25, 0.3) is 0 Å². The number of rotatable bonds is 5. The zero-order valence-corrected chi connectivity index (χ0v) is 11.9. The van der Waals surface area contributed by atoms with Crippen molar-refractivity contribution in [1.29, 1.82) is 0 Å². The molecule has 18 heavy (non-hydrogen) atoms. The van der Waals surface area contributed by atoms with Crippen molar-refractivity contribution >= 4 is 11.6 Å². The Hall–Kier alpha value is -1.42. The number of likely N-dealkylation sites (N-methyl/N-ethyl adjacent to an activating group) is 1. The third-order valence-electron chi connectivity index (χ3n) is 3.53. The van der Waals surface area contributed by atoms with Crippen molar-refractivity contribution in [3.8, 4) is 0 Å². The zero-order chi connectivity index (χ0) is 13.9. The van der Waals surface area contributed by atoms with Crippen LogP contribution in [0.1, 0.15) is 43.6 Å². The molecule has 0 aromatic carbocycles. The Morgan fingerprint density at radius 3 is 2.39 bits per heavy atom. The average Bonchev–Trinajstić information content (AvgIpc) is 2.29. The van der Waals surface area contributed by atoms with Crippen LogP contribution in [0, 0.1) is 6.92 Å². The fourth-order valence-electron chi connectivity index (χ4n) is 2.34. The summed E-state index contributed by atoms with van der Waals surface area (Å²) in [5.41, 5.74) is 6.72. The second kappa shape index (κ2) is 5.48. The minimum atomic E-state index is -0.564. The van der Waals surface area contributed by atoms with Gasteiger partial charge in [-0.05, 0) is 45.5 Å². The van der Waals surface area contributed by atoms with E-state index >= 15 is 0 Å². The first-order valence-electron chi connectivity index (χ1n) is 6.37. The summed E-state index contributed by atoms with van der Waals surface area (Å²) in [7, 11) is 0. The van der Waals surface area contributed by atoms with Crippen LogP contribution in [0.4, 0.5) is 5.82 Å². The SMILES string of the molecule is CCN(CC)C(C)(C)C(=O)c1c(C)ccnc1N. The molecular weight excluding hydrogens is 226 g/mol. The summed E-state index contributed by atoms with van der Waals surface area (Å²) in [5, 5.41) is 0. The molecule has 0 aliphatic carbocycles. The highest BCUT2D eigenvalue weighted by molar-refractivity contribution is 6.07. The number of aryl methyl sites for hydroxylation is 1. The lowest BCUT2D eigenvalue weighted by molar-refractivity contribution is 0.0668. The topological polar surface area (TPSA) is 59.2 Å². The number of hydrogen-bond acceptors (Lipinski definition) is 4. The number of hydrogen-bond donors (Lipinski definition) is 1. The maximum absolute atomic E-state index is 12.7. The molecule has 4 heteroatoms. The van der Waals surface area contributed by atoms with Gasteiger partial charge in [0.25, 0.3) is 0 Å². The highest BCUT2D eigenvalue weighted by atomic mass is 16.1. The van der Waals surface area contributed by atoms with Gasteiger partial charge in [-0.2, -0.15) is 0 Å². The molecule has 2 N–H and O–H groups in total. The average molecular weight is 249 g/mol. The van der Waals surface area contributed by atoms with E-state index in [9.17, 15) is 4.79 Å². The van der Waals surface area contributed by atoms with Gasteiger partial charge < -0.3 is 5.73 Å². The quantitative estimate of drug-likeness (QED) is 0.813. The molecule has 1 aromatic heterocycles. The monoisotopic (exact) mass is 249 g/mol. The number of carbonyl (C=O) groups excluding carboxylic acids is 1. The van der Waals surface area contributed by atoms with E-state index in [0.717, 1.165) is 18.7 Å². The van der Waals surface area contributed by atoms with Gasteiger partial charge in [0.05, 0.1) is 11.1 Å². The lowest BCUT2D eigenvalue weighted by Crippen LogP contribution is -2.50. The fourth-order valence-corrected chi connectivity index (χ4v) is 2.34. The summed E-state index contributed by atoms with van der Waals surface area (Å²) < 4.78 is 0. The third-order valence-corrected chi connectivity index (χ3v) is 3.53. The Kier molecular flexibility index (Phi) is 4.46. The molecule has 0 radical (unpaired) electrons. The van der Waals surface area contributed by atoms with Crippen molar-refractivity contribution < 1.29 is 4.79 Å². The molecule has 0 aliphatic heterocycles. The molecular formula is C14H23N3O. The summed E-state index contributed by atoms with van der Waals surface area (Å²) in [6, 6.07) is 1.82. The van der Waals surface area contributed by atoms with E-state index in [-0.39, 0.29) is 5.78 Å². The summed E-state index contributed by atoms with van der Waals surface area (Å²) in [4.78, 5) is 18.9. The number of nitrogens with zero attached hydrogens (tertiary/aromatic N) is 2. The fraction of sp³-hybridized carbons (Fsp3) is 0.571. The van der Waals surface area contributed by atoms with Gasteiger partial charge in [-0.1, -0.05) is 13.8 Å². The molecule has 1 rings (SSSR count). The van der Waals surface area contributed by atoms with Crippen molar-refractivity contribution in [2.75, 3.05) is 18.8 Å². The second-order valence-corrected chi connectivity index (χ2v) is 4.95. The smallest absolute Gasteiger partial charge is 0.186 e. The first kappa shape index (κ1) is 14.6. The molecule has 0 saturated heterocycles. The van der Waals surface area contributed by atoms with E-state index in [2.05, 4.69) is 23.7 Å². The van der Waals surface area contributed by atoms with Crippen LogP contribution in [0.3, 0.4) is 0 Å². The Morgan fingerprint density at radius 1 is 1.39 bits per heavy atom. The number of nitrogens with two attached hydrogens (primary N) is 1. The van der Waals surface area contributed by atoms with Crippen molar-refractivity contribution in [3.05, 3.63) is 23.4 Å². The van der Waals surface area contributed by atoms with Gasteiger partial charge in [0, 0.05) is 6.20 Å². The Labute approximate surface area is 109 Å². The predicted molar refractivity (Wildman–Crippen MR) is 74.7 cm³/mol. The highest BCUT2D eigenvalue weighted by Gasteiger charge is 2.35. The molecule has 1 heterocycles. The molecule has 4 nitrogen and oxygen atoms in total. The maximum atomic E-state index is 12.7. The number of ketones is 1. The normalized spacial score (nSPS) is 11.9. The number of anilines is 1. The van der Waals surface area contributed by atoms with Crippen LogP contribution in [-0.4, -0.2) is 34.3 Å². The minimum Gasteiger partial charge on any atom is -0.383 e. The zero-order valence-electron chi connectivity index (χ0n) is 11.9. The Morgan fingerprint density at radius 2 is 1.94 bits per heavy atom. The van der Waals surface area contributed by atoms with Gasteiger partial charge in [-0.3, -0.25) is 9.69 Å². The third kappa shape index (κ3) is 2.53. The van der Waals surface area contributed by atoms with Gasteiger partial charge in [0.15, 0.2) is 5.78 Å². The first-order valence-corrected chi connectivity index (χ1v) is 6.37. The van der Waals surface area contributed by atoms with Gasteiger partial charge >= 0.3 is 0 Å². The summed E-state index contributed by atoms with van der Waals surface area (Å²) in [6.07, 6.45) is 1.63. The van der Waals surface area contributed by atoms with Crippen LogP contribution >= 0.6 is 0 Å². The first-order chi connectivity index (χ1) is 8.36. The highest BCUT2D eigenvalue weighted by Crippen LogP contribution is 2.24. The van der Waals surface area contributed by atoms with E-state index < -0.39 is 5.54 Å². The summed E-state index contributed by atoms with van der Waals surface area (Å²) >= 11 is 0. The van der Waals surface area contributed by atoms with Crippen LogP contribution in [0.15, 0.2) is 12.3 Å². The van der Waals surface area contributed by atoms with Gasteiger partial charge in [-0.15, -0.1) is 0 Å². The van der Waals surface area contributed by atoms with Gasteiger partial charge in [0.1, 0.15) is 5.82 Å². The van der Waals surface area contributed by atoms with Crippen molar-refractivity contribution in [3.63, 3.8) is 0 Å². The lowest BCUT2D eigenvalue weighted by Gasteiger charge is -2.36. The van der Waals surface area contributed by atoms with Crippen LogP contribution < -0.4 is 5.73 Å². The van der Waals surface area contributed by atoms with E-state index in [1.165, 1.54) is 0 Å². The Balaban J connectivity index is 3.21. The molecule has 0 fully saturated rings. The maximum Gasteiger partial charge on any atom is 0.186 e. The van der Waals surface area contributed by atoms with Gasteiger partial charge in [-0.25, -0.2) is 4.98 Å². The minimum absolute atomic E-state index is 0.0364. The molecule has 0 saturated carbocycles. The molecule has 0 aliphatic rings. The largest absolute Gasteiger partial charge is 0.383 e. The molecule has 0 spiro atoms. The van der Waals surface area contributed by atoms with Crippen molar-refractivity contribution in [2.24, 2.45) is 0 Å². The number of pyridine rings is 1. The second-order valence-electron chi connectivity index (χ2n) is 4.95. The predicted octanol–water partition coefficient (Wildman–Crippen LogP) is 2.28. The van der Waals surface area contributed by atoms with Crippen molar-refractivity contribution in [1.82, 2.24) is 9.88 Å². The number of nitrogen functional groups attached to an aromatic ring is 1. The van der Waals surface area contributed by atoms with Crippen LogP contribution in [0.2, 0.25) is 0 Å². The van der Waals surface area contributed by atoms with Crippen LogP contribution in [0.5, 0.6) is 0 Å². The molecule has 0 unspecified atom stereocenters. The lowest BCUT2D eigenvalue weighted by atomic mass is 9.89. The van der Waals surface area contributed by atoms with Crippen LogP contribution in [-0.2, 0) is 0 Å². The molecule has 0 atom stereocenters. The van der Waals surface area contributed by atoms with E-state index in [1.54, 1.807) is 6.20 Å². The standard InChI is InChI=1S/C14H23N3O/c1-6-17(7-2)14(4,5)12(18)11-10(3)8-9-16-13(11)15/h8-9H,6-7H2,1-5H3,(H2,15,16). The molecule has 100 valence electrons. The van der Waals surface area contributed by atoms with Crippen molar-refractivity contribution in [2.45, 2.75) is 40.2 Å². The number of aromatic nitrogens is 1. The summed E-state index contributed by atoms with van der Waals surface area (Å²) in [6.45, 7) is 11.5. The van der Waals surface area contributed by atoms with E-state index in [1.807, 2.05) is 26.8 Å². The molecule has 1 aromatic rings. The number of Topliss-reactive ketones (excluding diaryl/α,β-unsaturated/α-hetero) is 1. The number of carbonyl (C=O) groups is 1. The van der Waals surface area contributed by atoms with Gasteiger partial charge in [0.2, 0.25) is 0 Å². The van der Waals surface area contributed by atoms with E-state index in [0.29, 0.717) is 11.4 Å².